The van der Waals surface area contributed by atoms with Crippen LogP contribution in [-0.2, 0) is 16.8 Å². The van der Waals surface area contributed by atoms with Crippen LogP contribution in [0.25, 0.3) is 10.2 Å². The van der Waals surface area contributed by atoms with Crippen LogP contribution < -0.4 is 11.1 Å². The van der Waals surface area contributed by atoms with Gasteiger partial charge in [0.15, 0.2) is 0 Å². The van der Waals surface area contributed by atoms with Gasteiger partial charge in [-0.2, -0.15) is 4.98 Å². The first-order chi connectivity index (χ1) is 14.0. The maximum absolute atomic E-state index is 8.36. The quantitative estimate of drug-likeness (QED) is 0.390. The maximum atomic E-state index is 8.36. The number of nitrogens with zero attached hydrogens (tertiary/aromatic N) is 2. The molecule has 0 saturated heterocycles. The molecular formula is C20H23ClN4O3S. The van der Waals surface area contributed by atoms with Gasteiger partial charge in [0.05, 0.1) is 23.0 Å². The van der Waals surface area contributed by atoms with Gasteiger partial charge in [0, 0.05) is 16.3 Å². The van der Waals surface area contributed by atoms with E-state index in [-0.39, 0.29) is 23.2 Å². The summed E-state index contributed by atoms with van der Waals surface area (Å²) in [4.78, 5) is 18.7. The Labute approximate surface area is 177 Å². The van der Waals surface area contributed by atoms with Crippen molar-refractivity contribution in [2.45, 2.75) is 50.6 Å². The van der Waals surface area contributed by atoms with E-state index < -0.39 is 0 Å². The number of aryl methyl sites for hydroxylation is 1. The number of hydrogen-bond acceptors (Lipinski definition) is 7. The van der Waals surface area contributed by atoms with E-state index in [4.69, 9.17) is 31.7 Å². The number of aromatic nitrogens is 2. The average molecular weight is 435 g/mol. The van der Waals surface area contributed by atoms with Crippen molar-refractivity contribution < 1.29 is 14.3 Å². The van der Waals surface area contributed by atoms with Crippen molar-refractivity contribution in [2.24, 2.45) is 11.7 Å². The molecule has 0 bridgehead atoms. The summed E-state index contributed by atoms with van der Waals surface area (Å²) in [6, 6.07) is 4.08. The van der Waals surface area contributed by atoms with Crippen molar-refractivity contribution in [1.82, 2.24) is 9.97 Å². The third-order valence-corrected chi connectivity index (χ3v) is 7.43. The maximum Gasteiger partial charge on any atom is 0.290 e. The molecule has 9 heteroatoms. The number of carboxylic acid groups (broad SMARTS) is 1. The van der Waals surface area contributed by atoms with Crippen LogP contribution in [0.15, 0.2) is 22.8 Å². The smallest absolute Gasteiger partial charge is 0.290 e. The number of thiophene rings is 1. The molecule has 154 valence electrons. The zero-order valence-electron chi connectivity index (χ0n) is 16.0. The van der Waals surface area contributed by atoms with E-state index in [9.17, 15) is 0 Å². The minimum atomic E-state index is -0.250. The van der Waals surface area contributed by atoms with Gasteiger partial charge >= 0.3 is 0 Å². The molecule has 3 heterocycles. The third-order valence-electron chi connectivity index (χ3n) is 5.76. The molecular weight excluding hydrogens is 412 g/mol. The molecule has 5 rings (SSSR count). The van der Waals surface area contributed by atoms with Crippen LogP contribution in [0.4, 0.5) is 5.82 Å². The van der Waals surface area contributed by atoms with Gasteiger partial charge in [-0.1, -0.05) is 0 Å². The number of nitrogens with one attached hydrogen (secondary N) is 1. The van der Waals surface area contributed by atoms with Gasteiger partial charge in [-0.3, -0.25) is 4.79 Å². The minimum absolute atomic E-state index is 0.140. The fraction of sp³-hybridized carbons (Fsp3) is 0.450. The van der Waals surface area contributed by atoms with Gasteiger partial charge in [-0.15, -0.1) is 11.3 Å². The highest BCUT2D eigenvalue weighted by atomic mass is 35.5. The number of fused-ring (bicyclic) bond motifs is 1. The van der Waals surface area contributed by atoms with E-state index in [0.29, 0.717) is 12.5 Å². The molecule has 2 aliphatic rings. The standard InChI is InChI=1S/C19H21ClN4OS.CH2O2/c1-10-13-14(26-16(10)19(6-7-19)15(21)11-4-5-11)17(24-18(20)23-13)22-9-12-3-2-8-25-12;2-1-3/h2-3,8,11,15H,4-7,9,21H2,1H3,(H,22,23,24);1H,(H,2,3)/t15-;/m0./s1. The normalized spacial score (nSPS) is 18.0. The van der Waals surface area contributed by atoms with E-state index in [0.717, 1.165) is 21.8 Å². The first-order valence-corrected chi connectivity index (χ1v) is 10.8. The number of furan rings is 1. The Balaban J connectivity index is 0.000000645. The highest BCUT2D eigenvalue weighted by molar-refractivity contribution is 7.20. The van der Waals surface area contributed by atoms with Crippen molar-refractivity contribution in [3.8, 4) is 0 Å². The van der Waals surface area contributed by atoms with Crippen molar-refractivity contribution in [1.29, 1.82) is 0 Å². The van der Waals surface area contributed by atoms with E-state index in [2.05, 4.69) is 22.2 Å². The number of rotatable bonds is 6. The lowest BCUT2D eigenvalue weighted by Crippen LogP contribution is -2.36. The zero-order chi connectivity index (χ0) is 20.6. The highest BCUT2D eigenvalue weighted by Crippen LogP contribution is 2.59. The number of nitrogens with two attached hydrogens (primary N) is 1. The topological polar surface area (TPSA) is 114 Å². The minimum Gasteiger partial charge on any atom is -0.483 e. The fourth-order valence-electron chi connectivity index (χ4n) is 3.99. The Morgan fingerprint density at radius 1 is 1.48 bits per heavy atom. The summed E-state index contributed by atoms with van der Waals surface area (Å²) < 4.78 is 6.46. The second-order valence-corrected chi connectivity index (χ2v) is 8.99. The molecule has 7 nitrogen and oxygen atoms in total. The molecule has 3 aromatic heterocycles. The third kappa shape index (κ3) is 3.84. The lowest BCUT2D eigenvalue weighted by atomic mass is 9.89. The predicted octanol–water partition coefficient (Wildman–Crippen LogP) is 4.33. The summed E-state index contributed by atoms with van der Waals surface area (Å²) in [6.45, 7) is 2.46. The van der Waals surface area contributed by atoms with Crippen molar-refractivity contribution in [2.75, 3.05) is 5.32 Å². The molecule has 1 atom stereocenters. The molecule has 2 fully saturated rings. The summed E-state index contributed by atoms with van der Waals surface area (Å²) in [7, 11) is 0. The Morgan fingerprint density at radius 2 is 2.21 bits per heavy atom. The van der Waals surface area contributed by atoms with Crippen molar-refractivity contribution in [3.63, 3.8) is 0 Å². The van der Waals surface area contributed by atoms with Crippen LogP contribution in [0.1, 0.15) is 41.9 Å². The monoisotopic (exact) mass is 434 g/mol. The summed E-state index contributed by atoms with van der Waals surface area (Å²) in [5.74, 6) is 2.32. The Bertz CT molecular complexity index is 1010. The van der Waals surface area contributed by atoms with Gasteiger partial charge < -0.3 is 20.6 Å². The summed E-state index contributed by atoms with van der Waals surface area (Å²) >= 11 is 8.00. The molecule has 29 heavy (non-hydrogen) atoms. The van der Waals surface area contributed by atoms with Crippen LogP contribution in [0.2, 0.25) is 5.28 Å². The van der Waals surface area contributed by atoms with Gasteiger partial charge in [0.2, 0.25) is 5.28 Å². The predicted molar refractivity (Wildman–Crippen MR) is 114 cm³/mol. The lowest BCUT2D eigenvalue weighted by molar-refractivity contribution is -0.122. The first-order valence-electron chi connectivity index (χ1n) is 9.57. The van der Waals surface area contributed by atoms with Gasteiger partial charge in [-0.05, 0) is 67.8 Å². The van der Waals surface area contributed by atoms with Gasteiger partial charge in [-0.25, -0.2) is 4.98 Å². The van der Waals surface area contributed by atoms with Crippen LogP contribution >= 0.6 is 22.9 Å². The molecule has 2 aliphatic carbocycles. The molecule has 0 radical (unpaired) electrons. The van der Waals surface area contributed by atoms with Crippen LogP contribution in [0.3, 0.4) is 0 Å². The number of halogens is 1. The molecule has 0 aromatic carbocycles. The van der Waals surface area contributed by atoms with E-state index in [1.807, 2.05) is 12.1 Å². The Kier molecular flexibility index (Phi) is 5.50. The number of carbonyl (C=O) groups is 1. The zero-order valence-corrected chi connectivity index (χ0v) is 17.6. The van der Waals surface area contributed by atoms with Crippen molar-refractivity contribution >= 4 is 45.4 Å². The van der Waals surface area contributed by atoms with Crippen LogP contribution in [-0.4, -0.2) is 27.6 Å². The van der Waals surface area contributed by atoms with Crippen LogP contribution in [0, 0.1) is 12.8 Å². The fourth-order valence-corrected chi connectivity index (χ4v) is 5.67. The SMILES string of the molecule is Cc1c(C2([C@@H](N)C3CC3)CC2)sc2c(NCc3ccco3)nc(Cl)nc12.O=CO. The Morgan fingerprint density at radius 3 is 2.79 bits per heavy atom. The van der Waals surface area contributed by atoms with Gasteiger partial charge in [0.1, 0.15) is 11.6 Å². The number of hydrogen-bond donors (Lipinski definition) is 3. The molecule has 0 amide bonds. The molecule has 3 aromatic rings. The second kappa shape index (κ2) is 7.93. The highest BCUT2D eigenvalue weighted by Gasteiger charge is 2.55. The largest absolute Gasteiger partial charge is 0.483 e. The van der Waals surface area contributed by atoms with Gasteiger partial charge in [0.25, 0.3) is 6.47 Å². The van der Waals surface area contributed by atoms with E-state index >= 15 is 0 Å². The Hall–Kier alpha value is -2.16. The molecule has 0 aliphatic heterocycles. The van der Waals surface area contributed by atoms with E-state index in [1.54, 1.807) is 17.6 Å². The lowest BCUT2D eigenvalue weighted by Gasteiger charge is -2.22. The molecule has 0 spiro atoms. The molecule has 4 N–H and O–H groups in total. The first kappa shape index (κ1) is 20.1. The van der Waals surface area contributed by atoms with Crippen molar-refractivity contribution in [3.05, 3.63) is 39.9 Å². The molecule has 2 saturated carbocycles. The average Bonchev–Trinajstić information content (AvgIpc) is 3.62. The van der Waals surface area contributed by atoms with Crippen LogP contribution in [0.5, 0.6) is 0 Å². The summed E-state index contributed by atoms with van der Waals surface area (Å²) in [5, 5.41) is 10.5. The second-order valence-electron chi connectivity index (χ2n) is 7.63. The summed E-state index contributed by atoms with van der Waals surface area (Å²) in [5.41, 5.74) is 8.95. The number of anilines is 1. The molecule has 0 unspecified atom stereocenters. The summed E-state index contributed by atoms with van der Waals surface area (Å²) in [6.07, 6.45) is 6.56. The van der Waals surface area contributed by atoms with E-state index in [1.165, 1.54) is 36.1 Å².